The zero-order chi connectivity index (χ0) is 14.1. The molecule has 108 valence electrons. The van der Waals surface area contributed by atoms with Crippen LogP contribution >= 0.6 is 0 Å². The van der Waals surface area contributed by atoms with Gasteiger partial charge < -0.3 is 15.4 Å². The molecular formula is C16H23N3O. The molecule has 0 bridgehead atoms. The van der Waals surface area contributed by atoms with Gasteiger partial charge in [-0.25, -0.2) is 4.98 Å². The van der Waals surface area contributed by atoms with E-state index >= 15 is 0 Å². The van der Waals surface area contributed by atoms with E-state index in [1.807, 2.05) is 0 Å². The minimum atomic E-state index is -0.182. The first-order valence-corrected chi connectivity index (χ1v) is 7.53. The van der Waals surface area contributed by atoms with E-state index in [1.54, 1.807) is 0 Å². The van der Waals surface area contributed by atoms with Gasteiger partial charge >= 0.3 is 0 Å². The molecule has 1 aromatic carbocycles. The lowest BCUT2D eigenvalue weighted by Gasteiger charge is -2.16. The normalized spacial score (nSPS) is 23.0. The molecule has 1 saturated carbocycles. The van der Waals surface area contributed by atoms with E-state index in [0.29, 0.717) is 5.92 Å². The van der Waals surface area contributed by atoms with E-state index in [9.17, 15) is 5.11 Å². The average Bonchev–Trinajstić information content (AvgIpc) is 3.01. The number of hydrogen-bond acceptors (Lipinski definition) is 3. The van der Waals surface area contributed by atoms with Gasteiger partial charge in [0.15, 0.2) is 0 Å². The van der Waals surface area contributed by atoms with Gasteiger partial charge in [0.1, 0.15) is 5.82 Å². The average molecular weight is 273 g/mol. The van der Waals surface area contributed by atoms with E-state index in [-0.39, 0.29) is 12.1 Å². The van der Waals surface area contributed by atoms with E-state index in [2.05, 4.69) is 47.3 Å². The Labute approximate surface area is 119 Å². The van der Waals surface area contributed by atoms with Crippen molar-refractivity contribution in [2.75, 3.05) is 0 Å². The molecule has 0 radical (unpaired) electrons. The third kappa shape index (κ3) is 2.72. The van der Waals surface area contributed by atoms with Crippen molar-refractivity contribution < 1.29 is 5.11 Å². The summed E-state index contributed by atoms with van der Waals surface area (Å²) in [5, 5.41) is 13.3. The molecule has 4 heteroatoms. The number of aliphatic hydroxyl groups excluding tert-OH is 1. The minimum absolute atomic E-state index is 0.182. The first-order chi connectivity index (χ1) is 9.63. The van der Waals surface area contributed by atoms with Crippen molar-refractivity contribution in [2.24, 2.45) is 0 Å². The topological polar surface area (TPSA) is 60.9 Å². The van der Waals surface area contributed by atoms with Crippen LogP contribution in [0.25, 0.3) is 11.0 Å². The summed E-state index contributed by atoms with van der Waals surface area (Å²) in [6.45, 7) is 5.08. The molecule has 2 atom stereocenters. The third-order valence-corrected chi connectivity index (χ3v) is 4.16. The summed E-state index contributed by atoms with van der Waals surface area (Å²) in [5.41, 5.74) is 3.36. The van der Waals surface area contributed by atoms with Gasteiger partial charge in [-0.15, -0.1) is 0 Å². The number of nitrogens with one attached hydrogen (secondary N) is 2. The van der Waals surface area contributed by atoms with Crippen LogP contribution in [0.2, 0.25) is 0 Å². The molecule has 0 aliphatic heterocycles. The molecule has 0 saturated heterocycles. The smallest absolute Gasteiger partial charge is 0.109 e. The first-order valence-electron chi connectivity index (χ1n) is 7.53. The van der Waals surface area contributed by atoms with Crippen molar-refractivity contribution in [3.05, 3.63) is 29.6 Å². The summed E-state index contributed by atoms with van der Waals surface area (Å²) in [6, 6.07) is 6.59. The molecule has 1 heterocycles. The predicted octanol–water partition coefficient (Wildman–Crippen LogP) is 2.69. The Balaban J connectivity index is 1.72. The number of nitrogens with zero attached hydrogens (tertiary/aromatic N) is 1. The molecule has 1 aliphatic rings. The Kier molecular flexibility index (Phi) is 3.76. The number of H-pyrrole nitrogens is 1. The highest BCUT2D eigenvalue weighted by Gasteiger charge is 2.24. The lowest BCUT2D eigenvalue weighted by atomic mass is 10.1. The van der Waals surface area contributed by atoms with Gasteiger partial charge in [-0.05, 0) is 37.0 Å². The zero-order valence-electron chi connectivity index (χ0n) is 12.2. The predicted molar refractivity (Wildman–Crippen MR) is 80.7 cm³/mol. The molecule has 1 aliphatic carbocycles. The summed E-state index contributed by atoms with van der Waals surface area (Å²) in [5.74, 6) is 1.45. The summed E-state index contributed by atoms with van der Waals surface area (Å²) in [4.78, 5) is 7.97. The second-order valence-electron chi connectivity index (χ2n) is 6.11. The number of hydrogen-bond donors (Lipinski definition) is 3. The molecule has 4 nitrogen and oxygen atoms in total. The van der Waals surface area contributed by atoms with Crippen LogP contribution in [-0.2, 0) is 6.54 Å². The van der Waals surface area contributed by atoms with Crippen molar-refractivity contribution in [1.82, 2.24) is 15.3 Å². The molecule has 0 spiro atoms. The van der Waals surface area contributed by atoms with Crippen molar-refractivity contribution in [1.29, 1.82) is 0 Å². The zero-order valence-corrected chi connectivity index (χ0v) is 12.2. The summed E-state index contributed by atoms with van der Waals surface area (Å²) in [6.07, 6.45) is 2.94. The quantitative estimate of drug-likeness (QED) is 0.802. The van der Waals surface area contributed by atoms with Crippen LogP contribution in [0.1, 0.15) is 50.4 Å². The van der Waals surface area contributed by atoms with Crippen molar-refractivity contribution in [3.63, 3.8) is 0 Å². The number of imidazole rings is 1. The number of aromatic nitrogens is 2. The van der Waals surface area contributed by atoms with Gasteiger partial charge in [0.05, 0.1) is 17.1 Å². The highest BCUT2D eigenvalue weighted by atomic mass is 16.3. The second-order valence-corrected chi connectivity index (χ2v) is 6.11. The molecule has 20 heavy (non-hydrogen) atoms. The fourth-order valence-electron chi connectivity index (χ4n) is 2.89. The maximum Gasteiger partial charge on any atom is 0.109 e. The summed E-state index contributed by atoms with van der Waals surface area (Å²) >= 11 is 0. The fraction of sp³-hybridized carbons (Fsp3) is 0.562. The Morgan fingerprint density at radius 2 is 2.25 bits per heavy atom. The van der Waals surface area contributed by atoms with Crippen LogP contribution in [0.15, 0.2) is 18.2 Å². The van der Waals surface area contributed by atoms with Gasteiger partial charge in [-0.3, -0.25) is 0 Å². The van der Waals surface area contributed by atoms with E-state index in [1.165, 1.54) is 5.56 Å². The van der Waals surface area contributed by atoms with E-state index in [0.717, 1.165) is 42.7 Å². The summed E-state index contributed by atoms with van der Waals surface area (Å²) in [7, 11) is 0. The molecule has 3 N–H and O–H groups in total. The van der Waals surface area contributed by atoms with Crippen molar-refractivity contribution >= 4 is 11.0 Å². The Morgan fingerprint density at radius 3 is 2.95 bits per heavy atom. The second kappa shape index (κ2) is 5.54. The Hall–Kier alpha value is -1.39. The standard InChI is InChI=1S/C16H23N3O/c1-10(2)16-18-12-7-6-11(8-14(12)19-16)9-17-13-4-3-5-15(13)20/h6-8,10,13,15,17,20H,3-5,9H2,1-2H3,(H,18,19)/t13-,15-/m1/s1. The van der Waals surface area contributed by atoms with E-state index in [4.69, 9.17) is 0 Å². The number of aromatic amines is 1. The number of benzene rings is 1. The molecule has 1 aromatic heterocycles. The number of aliphatic hydroxyl groups is 1. The van der Waals surface area contributed by atoms with E-state index < -0.39 is 0 Å². The lowest BCUT2D eigenvalue weighted by molar-refractivity contribution is 0.148. The van der Waals surface area contributed by atoms with Crippen LogP contribution in [0.4, 0.5) is 0 Å². The van der Waals surface area contributed by atoms with Crippen LogP contribution in [0.5, 0.6) is 0 Å². The van der Waals surface area contributed by atoms with Crippen molar-refractivity contribution in [3.8, 4) is 0 Å². The monoisotopic (exact) mass is 273 g/mol. The number of rotatable bonds is 4. The SMILES string of the molecule is CC(C)c1nc2ccc(CN[C@@H]3CCC[C@H]3O)cc2[nH]1. The summed E-state index contributed by atoms with van der Waals surface area (Å²) < 4.78 is 0. The van der Waals surface area contributed by atoms with Crippen LogP contribution in [0, 0.1) is 0 Å². The minimum Gasteiger partial charge on any atom is -0.392 e. The Morgan fingerprint density at radius 1 is 1.40 bits per heavy atom. The fourth-order valence-corrected chi connectivity index (χ4v) is 2.89. The van der Waals surface area contributed by atoms with Crippen LogP contribution in [0.3, 0.4) is 0 Å². The van der Waals surface area contributed by atoms with Gasteiger partial charge in [0, 0.05) is 18.5 Å². The lowest BCUT2D eigenvalue weighted by Crippen LogP contribution is -2.34. The first kappa shape index (κ1) is 13.6. The highest BCUT2D eigenvalue weighted by Crippen LogP contribution is 2.21. The van der Waals surface area contributed by atoms with Gasteiger partial charge in [-0.1, -0.05) is 19.9 Å². The maximum atomic E-state index is 9.82. The Bertz CT molecular complexity index is 590. The van der Waals surface area contributed by atoms with Gasteiger partial charge in [-0.2, -0.15) is 0 Å². The molecule has 3 rings (SSSR count). The maximum absolute atomic E-state index is 9.82. The van der Waals surface area contributed by atoms with Crippen LogP contribution in [-0.4, -0.2) is 27.2 Å². The van der Waals surface area contributed by atoms with Crippen molar-refractivity contribution in [2.45, 2.75) is 57.7 Å². The number of fused-ring (bicyclic) bond motifs is 1. The van der Waals surface area contributed by atoms with Crippen LogP contribution < -0.4 is 5.32 Å². The molecular weight excluding hydrogens is 250 g/mol. The molecule has 0 amide bonds. The molecule has 2 aromatic rings. The highest BCUT2D eigenvalue weighted by molar-refractivity contribution is 5.76. The molecule has 1 fully saturated rings. The van der Waals surface area contributed by atoms with Gasteiger partial charge in [0.2, 0.25) is 0 Å². The third-order valence-electron chi connectivity index (χ3n) is 4.16. The largest absolute Gasteiger partial charge is 0.392 e. The van der Waals surface area contributed by atoms with Gasteiger partial charge in [0.25, 0.3) is 0 Å². The molecule has 0 unspecified atom stereocenters.